The Hall–Kier alpha value is -0.280. The molecule has 0 bridgehead atoms. The number of terminal acetylenes is 1. The number of alkyl halides is 1. The molecule has 3 nitrogen and oxygen atoms in total. The Morgan fingerprint density at radius 2 is 2.60 bits per heavy atom. The number of carbonyl (C=O) groups is 1. The van der Waals surface area contributed by atoms with Crippen molar-refractivity contribution >= 4 is 5.91 Å². The predicted molar refractivity (Wildman–Crippen MR) is 35.5 cm³/mol. The number of hydrogen-bond donors (Lipinski definition) is 2. The van der Waals surface area contributed by atoms with Crippen LogP contribution < -0.4 is 30.7 Å². The van der Waals surface area contributed by atoms with Crippen molar-refractivity contribution in [1.82, 2.24) is 3.53 Å². The second kappa shape index (κ2) is 5.50. The molecule has 10 heavy (non-hydrogen) atoms. The number of amides is 1. The van der Waals surface area contributed by atoms with Gasteiger partial charge in [0.05, 0.1) is 0 Å². The SMILES string of the molecule is C#CC[C@H](N[I-]C)C(N)=O. The third kappa shape index (κ3) is 3.69. The molecule has 58 valence electrons. The number of halogens is 1. The van der Waals surface area contributed by atoms with Crippen LogP contribution in [0.25, 0.3) is 0 Å². The maximum atomic E-state index is 10.6. The first-order valence-electron chi connectivity index (χ1n) is 2.69. The van der Waals surface area contributed by atoms with E-state index in [-0.39, 0.29) is 33.4 Å². The molecule has 0 heterocycles. The summed E-state index contributed by atoms with van der Waals surface area (Å²) < 4.78 is 2.98. The average Bonchev–Trinajstić information content (AvgIpc) is 1.87. The fraction of sp³-hybridized carbons (Fsp3) is 0.500. The zero-order valence-electron chi connectivity index (χ0n) is 5.73. The van der Waals surface area contributed by atoms with Crippen molar-refractivity contribution in [2.45, 2.75) is 12.5 Å². The Labute approximate surface area is 71.4 Å². The first-order valence-corrected chi connectivity index (χ1v) is 5.92. The summed E-state index contributed by atoms with van der Waals surface area (Å²) in [6.07, 6.45) is 5.40. The molecule has 0 aromatic heterocycles. The fourth-order valence-electron chi connectivity index (χ4n) is 0.442. The molecule has 0 aromatic carbocycles. The van der Waals surface area contributed by atoms with Gasteiger partial charge in [-0.05, 0) is 0 Å². The third-order valence-electron chi connectivity index (χ3n) is 0.906. The van der Waals surface area contributed by atoms with Crippen molar-refractivity contribution in [3.05, 3.63) is 0 Å². The monoisotopic (exact) mass is 253 g/mol. The zero-order valence-corrected chi connectivity index (χ0v) is 7.88. The third-order valence-corrected chi connectivity index (χ3v) is 2.28. The van der Waals surface area contributed by atoms with Gasteiger partial charge in [-0.1, -0.05) is 0 Å². The van der Waals surface area contributed by atoms with E-state index in [1.54, 1.807) is 0 Å². The normalized spacial score (nSPS) is 12.4. The van der Waals surface area contributed by atoms with Gasteiger partial charge in [0.25, 0.3) is 0 Å². The first-order chi connectivity index (χ1) is 4.72. The van der Waals surface area contributed by atoms with Crippen molar-refractivity contribution in [3.8, 4) is 12.3 Å². The molecule has 0 saturated heterocycles. The van der Waals surface area contributed by atoms with Crippen molar-refractivity contribution in [3.63, 3.8) is 0 Å². The standard InChI is InChI=1S/C6H10IN2O/c1-3-4-5(6(8)10)9-7-2/h1,5,9H,4H2,2H3,(H2,8,10)/q-1/t5-/m0/s1. The van der Waals surface area contributed by atoms with Gasteiger partial charge in [-0.25, -0.2) is 0 Å². The van der Waals surface area contributed by atoms with Gasteiger partial charge in [-0.2, -0.15) is 0 Å². The van der Waals surface area contributed by atoms with Crippen LogP contribution >= 0.6 is 0 Å². The van der Waals surface area contributed by atoms with Crippen LogP contribution in [-0.2, 0) is 4.79 Å². The van der Waals surface area contributed by atoms with Crippen LogP contribution in [0.15, 0.2) is 0 Å². The summed E-state index contributed by atoms with van der Waals surface area (Å²) in [4.78, 5) is 12.6. The van der Waals surface area contributed by atoms with E-state index in [1.807, 2.05) is 4.93 Å². The summed E-state index contributed by atoms with van der Waals surface area (Å²) >= 11 is -0.125. The molecule has 0 aromatic rings. The molecular formula is C6H10IN2O-. The summed E-state index contributed by atoms with van der Waals surface area (Å²) in [6, 6.07) is -0.317. The first kappa shape index (κ1) is 9.72. The molecule has 0 aliphatic heterocycles. The molecule has 0 aliphatic rings. The second-order valence-electron chi connectivity index (χ2n) is 1.66. The Morgan fingerprint density at radius 3 is 2.90 bits per heavy atom. The van der Waals surface area contributed by atoms with Crippen LogP contribution in [-0.4, -0.2) is 16.9 Å². The minimum atomic E-state index is -0.362. The summed E-state index contributed by atoms with van der Waals surface area (Å²) in [5.74, 6) is 2.03. The second-order valence-corrected chi connectivity index (χ2v) is 3.36. The molecular weight excluding hydrogens is 243 g/mol. The molecule has 3 N–H and O–H groups in total. The van der Waals surface area contributed by atoms with E-state index < -0.39 is 0 Å². The van der Waals surface area contributed by atoms with Gasteiger partial charge in [0.2, 0.25) is 0 Å². The number of rotatable bonds is 4. The van der Waals surface area contributed by atoms with Crippen molar-refractivity contribution in [1.29, 1.82) is 0 Å². The van der Waals surface area contributed by atoms with Gasteiger partial charge in [-0.15, -0.1) is 0 Å². The van der Waals surface area contributed by atoms with Crippen LogP contribution in [0.2, 0.25) is 0 Å². The Balaban J connectivity index is 3.75. The molecule has 0 spiro atoms. The van der Waals surface area contributed by atoms with Gasteiger partial charge >= 0.3 is 71.2 Å². The number of primary amides is 1. The number of nitrogens with two attached hydrogens (primary N) is 1. The molecule has 0 saturated carbocycles. The predicted octanol–water partition coefficient (Wildman–Crippen LogP) is -3.91. The topological polar surface area (TPSA) is 55.1 Å². The minimum absolute atomic E-state index is 0.125. The summed E-state index contributed by atoms with van der Waals surface area (Å²) in [5, 5.41) is 0. The molecule has 1 amide bonds. The van der Waals surface area contributed by atoms with E-state index in [0.29, 0.717) is 6.42 Å². The van der Waals surface area contributed by atoms with E-state index in [1.165, 1.54) is 0 Å². The van der Waals surface area contributed by atoms with Crippen LogP contribution in [0.3, 0.4) is 0 Å². The van der Waals surface area contributed by atoms with Gasteiger partial charge in [-0.3, -0.25) is 0 Å². The quantitative estimate of drug-likeness (QED) is 0.233. The average molecular weight is 253 g/mol. The molecule has 0 aliphatic carbocycles. The van der Waals surface area contributed by atoms with Crippen molar-refractivity contribution < 1.29 is 26.3 Å². The van der Waals surface area contributed by atoms with E-state index in [4.69, 9.17) is 12.2 Å². The van der Waals surface area contributed by atoms with Gasteiger partial charge < -0.3 is 0 Å². The summed E-state index contributed by atoms with van der Waals surface area (Å²) in [6.45, 7) is 0. The molecule has 0 fully saturated rings. The summed E-state index contributed by atoms with van der Waals surface area (Å²) in [7, 11) is 0. The zero-order chi connectivity index (χ0) is 7.98. The Bertz CT molecular complexity index is 152. The molecule has 0 rings (SSSR count). The molecule has 1 atom stereocenters. The van der Waals surface area contributed by atoms with Crippen LogP contribution in [0.4, 0.5) is 0 Å². The number of nitrogens with one attached hydrogen (secondary N) is 1. The maximum absolute atomic E-state index is 10.6. The molecule has 0 radical (unpaired) electrons. The van der Waals surface area contributed by atoms with E-state index in [0.717, 1.165) is 0 Å². The van der Waals surface area contributed by atoms with Gasteiger partial charge in [0, 0.05) is 0 Å². The van der Waals surface area contributed by atoms with Crippen LogP contribution in [0, 0.1) is 12.3 Å². The Kier molecular flexibility index (Phi) is 5.35. The van der Waals surface area contributed by atoms with E-state index in [2.05, 4.69) is 9.45 Å². The Morgan fingerprint density at radius 1 is 2.00 bits per heavy atom. The molecule has 4 heteroatoms. The van der Waals surface area contributed by atoms with Gasteiger partial charge in [0.15, 0.2) is 0 Å². The van der Waals surface area contributed by atoms with Crippen molar-refractivity contribution in [2.24, 2.45) is 5.73 Å². The fourth-order valence-corrected chi connectivity index (χ4v) is 1.72. The molecule has 0 unspecified atom stereocenters. The van der Waals surface area contributed by atoms with Crippen LogP contribution in [0.1, 0.15) is 6.42 Å². The van der Waals surface area contributed by atoms with E-state index in [9.17, 15) is 4.79 Å². The van der Waals surface area contributed by atoms with Gasteiger partial charge in [0.1, 0.15) is 0 Å². The number of hydrogen-bond acceptors (Lipinski definition) is 2. The number of carbonyl (C=O) groups excluding carboxylic acids is 1. The van der Waals surface area contributed by atoms with Crippen molar-refractivity contribution in [2.75, 3.05) is 4.93 Å². The van der Waals surface area contributed by atoms with Crippen LogP contribution in [0.5, 0.6) is 0 Å². The van der Waals surface area contributed by atoms with E-state index >= 15 is 0 Å². The summed E-state index contributed by atoms with van der Waals surface area (Å²) in [5.41, 5.74) is 5.03.